The third-order valence-corrected chi connectivity index (χ3v) is 5.64. The van der Waals surface area contributed by atoms with Crippen LogP contribution in [0.5, 0.6) is 0 Å². The zero-order chi connectivity index (χ0) is 19.2. The smallest absolute Gasteiger partial charge is 0.220 e. The third-order valence-electron chi connectivity index (χ3n) is 5.64. The lowest BCUT2D eigenvalue weighted by molar-refractivity contribution is -0.305. The molecule has 5 heteroatoms. The summed E-state index contributed by atoms with van der Waals surface area (Å²) in [5.74, 6) is -1.43. The fourth-order valence-corrected chi connectivity index (χ4v) is 3.83. The molecule has 0 aromatic heterocycles. The van der Waals surface area contributed by atoms with Crippen molar-refractivity contribution in [1.29, 1.82) is 0 Å². The molecule has 5 nitrogen and oxygen atoms in total. The van der Waals surface area contributed by atoms with Gasteiger partial charge in [0.15, 0.2) is 0 Å². The predicted octanol–water partition coefficient (Wildman–Crippen LogP) is 2.25. The summed E-state index contributed by atoms with van der Waals surface area (Å²) >= 11 is 0. The number of aliphatic carboxylic acids is 1. The molecule has 1 aliphatic rings. The van der Waals surface area contributed by atoms with Crippen molar-refractivity contribution in [2.24, 2.45) is 0 Å². The summed E-state index contributed by atoms with van der Waals surface area (Å²) in [5.41, 5.74) is 2.31. The minimum absolute atomic E-state index is 0.0321. The summed E-state index contributed by atoms with van der Waals surface area (Å²) in [6.45, 7) is 7.62. The van der Waals surface area contributed by atoms with Crippen LogP contribution in [0.25, 0.3) is 0 Å². The average molecular weight is 360 g/mol. The lowest BCUT2D eigenvalue weighted by Gasteiger charge is -2.47. The molecule has 1 aliphatic heterocycles. The average Bonchev–Trinajstić information content (AvgIpc) is 2.60. The first-order valence-electron chi connectivity index (χ1n) is 9.46. The van der Waals surface area contributed by atoms with Crippen LogP contribution >= 0.6 is 0 Å². The summed E-state index contributed by atoms with van der Waals surface area (Å²) in [6, 6.07) is 8.64. The van der Waals surface area contributed by atoms with Crippen molar-refractivity contribution in [1.82, 2.24) is 5.32 Å². The number of aryl methyl sites for hydroxylation is 1. The van der Waals surface area contributed by atoms with Gasteiger partial charge in [-0.15, -0.1) is 0 Å². The highest BCUT2D eigenvalue weighted by Gasteiger charge is 2.43. The molecule has 1 saturated heterocycles. The first kappa shape index (κ1) is 20.4. The number of carbonyl (C=O) groups is 2. The predicted molar refractivity (Wildman–Crippen MR) is 98.6 cm³/mol. The van der Waals surface area contributed by atoms with Crippen molar-refractivity contribution >= 4 is 11.9 Å². The molecular formula is C21H30NO4-. The summed E-state index contributed by atoms with van der Waals surface area (Å²) in [7, 11) is 0. The van der Waals surface area contributed by atoms with Crippen LogP contribution in [-0.2, 0) is 19.7 Å². The van der Waals surface area contributed by atoms with Crippen LogP contribution < -0.4 is 10.4 Å². The molecule has 144 valence electrons. The van der Waals surface area contributed by atoms with Crippen LogP contribution in [0.4, 0.5) is 0 Å². The van der Waals surface area contributed by atoms with Gasteiger partial charge < -0.3 is 20.0 Å². The van der Waals surface area contributed by atoms with Gasteiger partial charge in [0.1, 0.15) is 0 Å². The van der Waals surface area contributed by atoms with Gasteiger partial charge in [-0.05, 0) is 51.5 Å². The van der Waals surface area contributed by atoms with E-state index in [-0.39, 0.29) is 29.8 Å². The summed E-state index contributed by atoms with van der Waals surface area (Å²) in [6.07, 6.45) is 3.31. The van der Waals surface area contributed by atoms with Crippen LogP contribution in [0, 0.1) is 6.92 Å². The Hall–Kier alpha value is -1.88. The number of amides is 1. The minimum Gasteiger partial charge on any atom is -0.550 e. The van der Waals surface area contributed by atoms with E-state index in [0.29, 0.717) is 13.2 Å². The zero-order valence-corrected chi connectivity index (χ0v) is 16.1. The van der Waals surface area contributed by atoms with Gasteiger partial charge in [-0.25, -0.2) is 0 Å². The second-order valence-electron chi connectivity index (χ2n) is 7.70. The number of benzene rings is 1. The molecule has 2 rings (SSSR count). The Morgan fingerprint density at radius 1 is 1.23 bits per heavy atom. The number of ether oxygens (including phenoxy) is 1. The molecule has 0 bridgehead atoms. The highest BCUT2D eigenvalue weighted by molar-refractivity contribution is 5.79. The Kier molecular flexibility index (Phi) is 6.81. The quantitative estimate of drug-likeness (QED) is 0.771. The Bertz CT molecular complexity index is 627. The molecule has 1 aromatic carbocycles. The van der Waals surface area contributed by atoms with Gasteiger partial charge in [0, 0.05) is 31.0 Å². The summed E-state index contributed by atoms with van der Waals surface area (Å²) in [5, 5.41) is 13.4. The van der Waals surface area contributed by atoms with Crippen LogP contribution in [0.3, 0.4) is 0 Å². The molecule has 1 fully saturated rings. The molecule has 1 amide bonds. The molecule has 1 aromatic rings. The maximum absolute atomic E-state index is 11.8. The molecule has 0 aliphatic carbocycles. The molecule has 1 heterocycles. The van der Waals surface area contributed by atoms with Crippen molar-refractivity contribution in [3.63, 3.8) is 0 Å². The molecule has 26 heavy (non-hydrogen) atoms. The fourth-order valence-electron chi connectivity index (χ4n) is 3.83. The van der Waals surface area contributed by atoms with Gasteiger partial charge in [-0.2, -0.15) is 0 Å². The van der Waals surface area contributed by atoms with E-state index in [4.69, 9.17) is 4.74 Å². The highest BCUT2D eigenvalue weighted by Crippen LogP contribution is 2.45. The Balaban J connectivity index is 2.10. The van der Waals surface area contributed by atoms with E-state index in [1.165, 1.54) is 11.1 Å². The summed E-state index contributed by atoms with van der Waals surface area (Å²) in [4.78, 5) is 22.3. The summed E-state index contributed by atoms with van der Waals surface area (Å²) < 4.78 is 6.05. The number of nitrogens with one attached hydrogen (secondary N) is 1. The van der Waals surface area contributed by atoms with Crippen molar-refractivity contribution in [3.8, 4) is 0 Å². The van der Waals surface area contributed by atoms with Gasteiger partial charge in [0.05, 0.1) is 5.60 Å². The Morgan fingerprint density at radius 2 is 1.92 bits per heavy atom. The Labute approximate surface area is 156 Å². The molecule has 2 atom stereocenters. The number of rotatable bonds is 8. The van der Waals surface area contributed by atoms with Crippen molar-refractivity contribution in [3.05, 3.63) is 35.4 Å². The fraction of sp³-hybridized carbons (Fsp3) is 0.619. The van der Waals surface area contributed by atoms with E-state index in [1.54, 1.807) is 0 Å². The Morgan fingerprint density at radius 3 is 2.54 bits per heavy atom. The molecule has 0 saturated carbocycles. The second kappa shape index (κ2) is 8.67. The normalized spacial score (nSPS) is 25.7. The van der Waals surface area contributed by atoms with E-state index in [0.717, 1.165) is 25.7 Å². The topological polar surface area (TPSA) is 78.5 Å². The van der Waals surface area contributed by atoms with Gasteiger partial charge in [-0.1, -0.05) is 36.8 Å². The van der Waals surface area contributed by atoms with Crippen molar-refractivity contribution in [2.75, 3.05) is 13.2 Å². The number of carbonyl (C=O) groups excluding carboxylic acids is 2. The van der Waals surface area contributed by atoms with Crippen LogP contribution in [0.15, 0.2) is 24.3 Å². The van der Waals surface area contributed by atoms with Crippen LogP contribution in [-0.4, -0.2) is 30.6 Å². The van der Waals surface area contributed by atoms with Crippen molar-refractivity contribution in [2.45, 2.75) is 70.3 Å². The largest absolute Gasteiger partial charge is 0.550 e. The van der Waals surface area contributed by atoms with Crippen LogP contribution in [0.1, 0.15) is 63.5 Å². The lowest BCUT2D eigenvalue weighted by Crippen LogP contribution is -2.47. The third kappa shape index (κ3) is 5.31. The molecule has 0 radical (unpaired) electrons. The monoisotopic (exact) mass is 360 g/mol. The van der Waals surface area contributed by atoms with Crippen molar-refractivity contribution < 1.29 is 19.4 Å². The zero-order valence-electron chi connectivity index (χ0n) is 16.1. The first-order valence-corrected chi connectivity index (χ1v) is 9.46. The standard InChI is InChI=1S/C21H31NO4/c1-4-20(3)15-21(12-14-26-20,17-7-5-16(2)6-8-17)11-13-22-18(23)9-10-19(24)25/h5-8H,4,9-15H2,1-3H3,(H,22,23)(H,24,25)/p-1/t20-,21-/m0/s1. The SMILES string of the molecule is CC[C@@]1(C)C[C@@](CCNC(=O)CCC(=O)[O-])(c2ccc(C)cc2)CCO1. The first-order chi connectivity index (χ1) is 12.3. The van der Waals surface area contributed by atoms with E-state index in [1.807, 2.05) is 0 Å². The van der Waals surface area contributed by atoms with Gasteiger partial charge in [-0.3, -0.25) is 4.79 Å². The van der Waals surface area contributed by atoms with Gasteiger partial charge >= 0.3 is 0 Å². The van der Waals surface area contributed by atoms with E-state index in [2.05, 4.69) is 50.4 Å². The number of carboxylic acids is 1. The maximum Gasteiger partial charge on any atom is 0.220 e. The lowest BCUT2D eigenvalue weighted by atomic mass is 9.66. The van der Waals surface area contributed by atoms with E-state index >= 15 is 0 Å². The second-order valence-corrected chi connectivity index (χ2v) is 7.70. The molecular weight excluding hydrogens is 330 g/mol. The minimum atomic E-state index is -1.19. The van der Waals surface area contributed by atoms with Crippen LogP contribution in [0.2, 0.25) is 0 Å². The number of carboxylic acid groups (broad SMARTS) is 1. The highest BCUT2D eigenvalue weighted by atomic mass is 16.5. The van der Waals surface area contributed by atoms with E-state index in [9.17, 15) is 14.7 Å². The molecule has 1 N–H and O–H groups in total. The van der Waals surface area contributed by atoms with Gasteiger partial charge in [0.25, 0.3) is 0 Å². The maximum atomic E-state index is 11.8. The van der Waals surface area contributed by atoms with E-state index < -0.39 is 5.97 Å². The molecule has 0 unspecified atom stereocenters. The van der Waals surface area contributed by atoms with Gasteiger partial charge in [0.2, 0.25) is 5.91 Å². The number of hydrogen-bond acceptors (Lipinski definition) is 4. The molecule has 0 spiro atoms. The number of hydrogen-bond donors (Lipinski definition) is 1.